The minimum Gasteiger partial charge on any atom is -0.406 e. The molecule has 190 valence electrons. The number of carbonyl (C=O) groups excluding carboxylic acids is 2. The number of ether oxygens (including phenoxy) is 1. The maximum atomic E-state index is 14.1. The van der Waals surface area contributed by atoms with Crippen LogP contribution >= 0.6 is 11.6 Å². The Hall–Kier alpha value is -3.09. The molecule has 1 fully saturated rings. The fraction of sp³-hybridized carbons (Fsp3) is 0.429. The molecular weight excluding hydrogens is 506 g/mol. The maximum absolute atomic E-state index is 14.1. The van der Waals surface area contributed by atoms with Crippen LogP contribution in [0.2, 0.25) is 0 Å². The molecule has 1 aliphatic rings. The molecule has 2 amide bonds. The zero-order chi connectivity index (χ0) is 26.0. The van der Waals surface area contributed by atoms with Crippen LogP contribution in [0.4, 0.5) is 32.0 Å². The van der Waals surface area contributed by atoms with E-state index in [1.807, 2.05) is 0 Å². The molecule has 1 aromatic carbocycles. The molecule has 0 bridgehead atoms. The molecule has 0 aliphatic heterocycles. The van der Waals surface area contributed by atoms with E-state index in [2.05, 4.69) is 20.0 Å². The van der Waals surface area contributed by atoms with Crippen molar-refractivity contribution < 1.29 is 40.7 Å². The van der Waals surface area contributed by atoms with Crippen LogP contribution in [0.15, 0.2) is 43.0 Å². The highest BCUT2D eigenvalue weighted by molar-refractivity contribution is 6.32. The number of amides is 2. The molecule has 0 spiro atoms. The van der Waals surface area contributed by atoms with E-state index in [9.17, 15) is 35.9 Å². The third-order valence-electron chi connectivity index (χ3n) is 5.49. The van der Waals surface area contributed by atoms with E-state index in [0.717, 1.165) is 43.0 Å². The van der Waals surface area contributed by atoms with Gasteiger partial charge in [0.25, 0.3) is 17.4 Å². The van der Waals surface area contributed by atoms with Crippen LogP contribution in [-0.2, 0) is 15.1 Å². The normalized spacial score (nSPS) is 19.9. The Kier molecular flexibility index (Phi) is 7.48. The van der Waals surface area contributed by atoms with Crippen molar-refractivity contribution >= 4 is 29.1 Å². The van der Waals surface area contributed by atoms with Crippen molar-refractivity contribution in [2.24, 2.45) is 0 Å². The van der Waals surface area contributed by atoms with E-state index >= 15 is 0 Å². The molecule has 14 heteroatoms. The van der Waals surface area contributed by atoms with Crippen LogP contribution in [0.5, 0.6) is 5.75 Å². The number of rotatable bonds is 7. The van der Waals surface area contributed by atoms with Crippen LogP contribution in [0.3, 0.4) is 0 Å². The second kappa shape index (κ2) is 9.88. The Morgan fingerprint density at radius 2 is 1.80 bits per heavy atom. The molecule has 2 aromatic rings. The lowest BCUT2D eigenvalue weighted by Crippen LogP contribution is -2.59. The van der Waals surface area contributed by atoms with Crippen molar-refractivity contribution in [1.29, 1.82) is 0 Å². The second-order valence-corrected chi connectivity index (χ2v) is 8.37. The molecule has 35 heavy (non-hydrogen) atoms. The highest BCUT2D eigenvalue weighted by atomic mass is 35.5. The number of nitrogens with one attached hydrogen (secondary N) is 1. The zero-order valence-electron chi connectivity index (χ0n) is 18.0. The Morgan fingerprint density at radius 3 is 2.29 bits per heavy atom. The molecule has 0 unspecified atom stereocenters. The van der Waals surface area contributed by atoms with E-state index in [1.54, 1.807) is 0 Å². The topological polar surface area (TPSA) is 84.4 Å². The smallest absolute Gasteiger partial charge is 0.406 e. The highest BCUT2D eigenvalue weighted by Crippen LogP contribution is 2.38. The summed E-state index contributed by atoms with van der Waals surface area (Å²) >= 11 is 5.40. The molecular formula is C21H19ClF6N4O3. The van der Waals surface area contributed by atoms with Gasteiger partial charge in [0.05, 0.1) is 0 Å². The number of alkyl halides is 7. The highest BCUT2D eigenvalue weighted by Gasteiger charge is 2.49. The fourth-order valence-electron chi connectivity index (χ4n) is 3.81. The minimum atomic E-state index is -4.99. The lowest BCUT2D eigenvalue weighted by molar-refractivity contribution is -0.274. The van der Waals surface area contributed by atoms with E-state index < -0.39 is 59.9 Å². The van der Waals surface area contributed by atoms with Gasteiger partial charge in [0, 0.05) is 42.5 Å². The lowest BCUT2D eigenvalue weighted by atomic mass is 9.89. The van der Waals surface area contributed by atoms with Crippen LogP contribution < -0.4 is 15.0 Å². The van der Waals surface area contributed by atoms with Gasteiger partial charge in [0.1, 0.15) is 12.1 Å². The van der Waals surface area contributed by atoms with Crippen LogP contribution in [0, 0.1) is 0 Å². The van der Waals surface area contributed by atoms with Crippen molar-refractivity contribution in [3.63, 3.8) is 0 Å². The zero-order valence-corrected chi connectivity index (χ0v) is 18.8. The molecule has 3 atom stereocenters. The number of carbonyl (C=O) groups is 2. The van der Waals surface area contributed by atoms with Gasteiger partial charge in [0.2, 0.25) is 5.92 Å². The van der Waals surface area contributed by atoms with Crippen LogP contribution in [0.25, 0.3) is 0 Å². The predicted molar refractivity (Wildman–Crippen MR) is 111 cm³/mol. The standard InChI is InChI=1S/C21H19ClF6N4O3/c1-19(12-9-29-11-30-10-12,18(34)31-13-6-7-20(24,25)8-13)32(17(33)16(22)23)14-2-4-15(5-3-14)35-21(26,27)28/h2-5,9-11,13,16H,6-8H2,1H3,(H,31,34)/t13-,16+,19+/m1/s1. The maximum Gasteiger partial charge on any atom is 0.573 e. The third kappa shape index (κ3) is 6.13. The quantitative estimate of drug-likeness (QED) is 0.427. The molecule has 7 nitrogen and oxygen atoms in total. The van der Waals surface area contributed by atoms with E-state index in [0.29, 0.717) is 4.90 Å². The number of anilines is 1. The summed E-state index contributed by atoms with van der Waals surface area (Å²) in [6.07, 6.45) is -2.71. The summed E-state index contributed by atoms with van der Waals surface area (Å²) in [5.41, 5.74) is -5.06. The first-order valence-corrected chi connectivity index (χ1v) is 10.6. The first kappa shape index (κ1) is 26.5. The molecule has 3 rings (SSSR count). The van der Waals surface area contributed by atoms with Gasteiger partial charge >= 0.3 is 6.36 Å². The fourth-order valence-corrected chi connectivity index (χ4v) is 3.91. The number of aromatic nitrogens is 2. The largest absolute Gasteiger partial charge is 0.573 e. The van der Waals surface area contributed by atoms with Gasteiger partial charge in [-0.2, -0.15) is 0 Å². The van der Waals surface area contributed by atoms with Gasteiger partial charge in [-0.1, -0.05) is 11.6 Å². The van der Waals surface area contributed by atoms with Gasteiger partial charge in [-0.3, -0.25) is 14.5 Å². The minimum absolute atomic E-state index is 0.0384. The van der Waals surface area contributed by atoms with Gasteiger partial charge in [-0.25, -0.2) is 23.1 Å². The van der Waals surface area contributed by atoms with Crippen molar-refractivity contribution in [2.45, 2.75) is 55.7 Å². The van der Waals surface area contributed by atoms with Crippen molar-refractivity contribution in [3.05, 3.63) is 48.5 Å². The molecule has 0 radical (unpaired) electrons. The summed E-state index contributed by atoms with van der Waals surface area (Å²) in [7, 11) is 0. The third-order valence-corrected chi connectivity index (χ3v) is 5.67. The van der Waals surface area contributed by atoms with Gasteiger partial charge < -0.3 is 10.1 Å². The molecule has 1 aliphatic carbocycles. The molecule has 1 saturated carbocycles. The number of hydrogen-bond donors (Lipinski definition) is 1. The van der Waals surface area contributed by atoms with Crippen molar-refractivity contribution in [1.82, 2.24) is 15.3 Å². The summed E-state index contributed by atoms with van der Waals surface area (Å²) < 4.78 is 82.8. The van der Waals surface area contributed by atoms with E-state index in [4.69, 9.17) is 11.6 Å². The van der Waals surface area contributed by atoms with Gasteiger partial charge in [-0.05, 0) is 37.6 Å². The average molecular weight is 525 g/mol. The van der Waals surface area contributed by atoms with Crippen LogP contribution in [-0.4, -0.2) is 45.7 Å². The SMILES string of the molecule is C[C@@](C(=O)N[C@@H]1CCC(F)(F)C1)(c1cncnc1)N(C(=O)[C@H](F)Cl)c1ccc(OC(F)(F)F)cc1. The monoisotopic (exact) mass is 524 g/mol. The number of benzene rings is 1. The summed E-state index contributed by atoms with van der Waals surface area (Å²) in [5, 5.41) is 2.45. The Morgan fingerprint density at radius 1 is 1.20 bits per heavy atom. The number of nitrogens with zero attached hydrogens (tertiary/aromatic N) is 3. The van der Waals surface area contributed by atoms with Crippen LogP contribution in [0.1, 0.15) is 31.7 Å². The number of halogens is 7. The van der Waals surface area contributed by atoms with E-state index in [1.165, 1.54) is 6.92 Å². The molecule has 1 aromatic heterocycles. The van der Waals surface area contributed by atoms with Gasteiger partial charge in [0.15, 0.2) is 5.54 Å². The van der Waals surface area contributed by atoms with E-state index in [-0.39, 0.29) is 17.7 Å². The second-order valence-electron chi connectivity index (χ2n) is 7.98. The Labute approximate surface area is 200 Å². The average Bonchev–Trinajstić information content (AvgIpc) is 3.12. The first-order valence-electron chi connectivity index (χ1n) is 10.2. The summed E-state index contributed by atoms with van der Waals surface area (Å²) in [4.78, 5) is 34.6. The van der Waals surface area contributed by atoms with Crippen molar-refractivity contribution in [2.75, 3.05) is 4.90 Å². The van der Waals surface area contributed by atoms with Gasteiger partial charge in [-0.15, -0.1) is 13.2 Å². The summed E-state index contributed by atoms with van der Waals surface area (Å²) in [5.74, 6) is -6.04. The predicted octanol–water partition coefficient (Wildman–Crippen LogP) is 4.46. The summed E-state index contributed by atoms with van der Waals surface area (Å²) in [6.45, 7) is 1.19. The first-order chi connectivity index (χ1) is 16.2. The molecule has 1 heterocycles. The molecule has 0 saturated heterocycles. The lowest BCUT2D eigenvalue weighted by Gasteiger charge is -2.40. The Balaban J connectivity index is 2.07. The number of hydrogen-bond acceptors (Lipinski definition) is 5. The molecule has 1 N–H and O–H groups in total. The Bertz CT molecular complexity index is 1060. The van der Waals surface area contributed by atoms with Crippen molar-refractivity contribution in [3.8, 4) is 5.75 Å². The summed E-state index contributed by atoms with van der Waals surface area (Å²) in [6, 6.07) is 2.72.